The van der Waals surface area contributed by atoms with E-state index in [0.717, 1.165) is 17.0 Å². The number of hydrogen-bond donors (Lipinski definition) is 0. The normalized spacial score (nSPS) is 10.8. The molecule has 2 aromatic heterocycles. The Kier molecular flexibility index (Phi) is 5.11. The fraction of sp³-hybridized carbons (Fsp3) is 0.300. The predicted molar refractivity (Wildman–Crippen MR) is 98.0 cm³/mol. The zero-order valence-corrected chi connectivity index (χ0v) is 15.5. The number of hydrogen-bond acceptors (Lipinski definition) is 4. The quantitative estimate of drug-likeness (QED) is 0.681. The van der Waals surface area contributed by atoms with Gasteiger partial charge in [0.25, 0.3) is 5.91 Å². The van der Waals surface area contributed by atoms with Gasteiger partial charge in [-0.25, -0.2) is 0 Å². The highest BCUT2D eigenvalue weighted by Gasteiger charge is 2.20. The first kappa shape index (κ1) is 17.8. The van der Waals surface area contributed by atoms with E-state index >= 15 is 0 Å². The van der Waals surface area contributed by atoms with Crippen LogP contribution in [0.4, 0.5) is 0 Å². The van der Waals surface area contributed by atoms with Gasteiger partial charge >= 0.3 is 0 Å². The van der Waals surface area contributed by atoms with Crippen molar-refractivity contribution >= 4 is 5.91 Å². The van der Waals surface area contributed by atoms with Gasteiger partial charge in [0.05, 0.1) is 17.5 Å². The minimum Gasteiger partial charge on any atom is -0.486 e. The number of aryl methyl sites for hydroxylation is 3. The highest BCUT2D eigenvalue weighted by atomic mass is 16.5. The van der Waals surface area contributed by atoms with Crippen molar-refractivity contribution in [3.05, 3.63) is 70.9 Å². The van der Waals surface area contributed by atoms with Crippen molar-refractivity contribution in [3.63, 3.8) is 0 Å². The van der Waals surface area contributed by atoms with Crippen LogP contribution in [0.15, 0.2) is 47.2 Å². The topological polar surface area (TPSA) is 60.5 Å². The Morgan fingerprint density at radius 1 is 1.23 bits per heavy atom. The number of amides is 1. The molecule has 0 unspecified atom stereocenters. The van der Waals surface area contributed by atoms with E-state index in [0.29, 0.717) is 17.9 Å². The molecular weight excluding hydrogens is 330 g/mol. The zero-order valence-electron chi connectivity index (χ0n) is 15.5. The van der Waals surface area contributed by atoms with E-state index in [-0.39, 0.29) is 12.5 Å². The molecule has 26 heavy (non-hydrogen) atoms. The van der Waals surface area contributed by atoms with Gasteiger partial charge in [-0.1, -0.05) is 17.7 Å². The highest BCUT2D eigenvalue weighted by molar-refractivity contribution is 5.95. The SMILES string of the molecule is Cc1ccc(OCc2occc2C(=O)N(C)Cc2cn(C)nc2C)cc1. The van der Waals surface area contributed by atoms with Crippen molar-refractivity contribution in [2.75, 3.05) is 7.05 Å². The molecule has 0 spiro atoms. The highest BCUT2D eigenvalue weighted by Crippen LogP contribution is 2.19. The maximum absolute atomic E-state index is 12.8. The van der Waals surface area contributed by atoms with Crippen molar-refractivity contribution in [2.45, 2.75) is 27.0 Å². The van der Waals surface area contributed by atoms with Crippen LogP contribution in [-0.2, 0) is 20.2 Å². The Morgan fingerprint density at radius 3 is 2.62 bits per heavy atom. The zero-order chi connectivity index (χ0) is 18.7. The second-order valence-corrected chi connectivity index (χ2v) is 6.43. The lowest BCUT2D eigenvalue weighted by atomic mass is 10.2. The second kappa shape index (κ2) is 7.47. The van der Waals surface area contributed by atoms with Crippen molar-refractivity contribution in [1.29, 1.82) is 0 Å². The molecule has 0 fully saturated rings. The van der Waals surface area contributed by atoms with E-state index in [1.807, 2.05) is 51.4 Å². The van der Waals surface area contributed by atoms with Gasteiger partial charge < -0.3 is 14.1 Å². The second-order valence-electron chi connectivity index (χ2n) is 6.43. The number of carbonyl (C=O) groups excluding carboxylic acids is 1. The molecule has 0 radical (unpaired) electrons. The summed E-state index contributed by atoms with van der Waals surface area (Å²) < 4.78 is 13.0. The van der Waals surface area contributed by atoms with Crippen LogP contribution in [0, 0.1) is 13.8 Å². The Hall–Kier alpha value is -3.02. The third-order valence-electron chi connectivity index (χ3n) is 4.24. The van der Waals surface area contributed by atoms with Crippen LogP contribution in [0.5, 0.6) is 5.75 Å². The molecule has 0 saturated heterocycles. The first-order valence-electron chi connectivity index (χ1n) is 8.44. The first-order chi connectivity index (χ1) is 12.4. The lowest BCUT2D eigenvalue weighted by Gasteiger charge is -2.16. The molecule has 0 aliphatic carbocycles. The Bertz CT molecular complexity index is 893. The fourth-order valence-corrected chi connectivity index (χ4v) is 2.76. The van der Waals surface area contributed by atoms with E-state index < -0.39 is 0 Å². The van der Waals surface area contributed by atoms with Crippen molar-refractivity contribution in [1.82, 2.24) is 14.7 Å². The average molecular weight is 353 g/mol. The maximum atomic E-state index is 12.8. The molecule has 0 bridgehead atoms. The van der Waals surface area contributed by atoms with E-state index in [1.165, 1.54) is 11.8 Å². The predicted octanol–water partition coefficient (Wildman–Crippen LogP) is 3.48. The van der Waals surface area contributed by atoms with Crippen molar-refractivity contribution < 1.29 is 13.9 Å². The van der Waals surface area contributed by atoms with Crippen LogP contribution < -0.4 is 4.74 Å². The molecule has 0 aliphatic rings. The van der Waals surface area contributed by atoms with E-state index in [9.17, 15) is 4.79 Å². The molecule has 1 aromatic carbocycles. The van der Waals surface area contributed by atoms with Crippen LogP contribution in [0.2, 0.25) is 0 Å². The third kappa shape index (κ3) is 3.96. The fourth-order valence-electron chi connectivity index (χ4n) is 2.76. The minimum absolute atomic E-state index is 0.107. The maximum Gasteiger partial charge on any atom is 0.257 e. The number of nitrogens with zero attached hydrogens (tertiary/aromatic N) is 3. The summed E-state index contributed by atoms with van der Waals surface area (Å²) in [7, 11) is 3.64. The van der Waals surface area contributed by atoms with Crippen LogP contribution >= 0.6 is 0 Å². The molecule has 0 atom stereocenters. The van der Waals surface area contributed by atoms with Gasteiger partial charge in [-0.3, -0.25) is 9.48 Å². The van der Waals surface area contributed by atoms with Gasteiger partial charge in [0.2, 0.25) is 0 Å². The number of carbonyl (C=O) groups is 1. The van der Waals surface area contributed by atoms with Crippen LogP contribution in [0.1, 0.15) is 32.9 Å². The molecule has 1 amide bonds. The summed E-state index contributed by atoms with van der Waals surface area (Å²) in [6, 6.07) is 9.44. The van der Waals surface area contributed by atoms with Gasteiger partial charge in [-0.05, 0) is 32.0 Å². The number of ether oxygens (including phenoxy) is 1. The lowest BCUT2D eigenvalue weighted by molar-refractivity contribution is 0.0780. The number of aromatic nitrogens is 2. The standard InChI is InChI=1S/C20H23N3O3/c1-14-5-7-17(8-6-14)26-13-19-18(9-10-25-19)20(24)22(3)11-16-12-23(4)21-15(16)2/h5-10,12H,11,13H2,1-4H3. The molecule has 0 saturated carbocycles. The van der Waals surface area contributed by atoms with E-state index in [4.69, 9.17) is 9.15 Å². The smallest absolute Gasteiger partial charge is 0.257 e. The summed E-state index contributed by atoms with van der Waals surface area (Å²) in [6.07, 6.45) is 3.44. The number of rotatable bonds is 6. The average Bonchev–Trinajstić information content (AvgIpc) is 3.20. The van der Waals surface area contributed by atoms with Gasteiger partial charge in [-0.15, -0.1) is 0 Å². The summed E-state index contributed by atoms with van der Waals surface area (Å²) in [6.45, 7) is 4.65. The van der Waals surface area contributed by atoms with Gasteiger partial charge in [0.1, 0.15) is 12.4 Å². The molecule has 3 rings (SSSR count). The third-order valence-corrected chi connectivity index (χ3v) is 4.24. The summed E-state index contributed by atoms with van der Waals surface area (Å²) >= 11 is 0. The molecule has 6 nitrogen and oxygen atoms in total. The number of benzene rings is 1. The van der Waals surface area contributed by atoms with Crippen molar-refractivity contribution in [2.24, 2.45) is 7.05 Å². The largest absolute Gasteiger partial charge is 0.486 e. The Morgan fingerprint density at radius 2 is 1.96 bits per heavy atom. The Balaban J connectivity index is 1.67. The summed E-state index contributed by atoms with van der Waals surface area (Å²) in [4.78, 5) is 14.4. The van der Waals surface area contributed by atoms with E-state index in [1.54, 1.807) is 22.7 Å². The summed E-state index contributed by atoms with van der Waals surface area (Å²) in [5, 5.41) is 4.31. The van der Waals surface area contributed by atoms with Gasteiger partial charge in [0, 0.05) is 32.4 Å². The molecule has 0 N–H and O–H groups in total. The molecular formula is C20H23N3O3. The first-order valence-corrected chi connectivity index (χ1v) is 8.44. The molecule has 2 heterocycles. The van der Waals surface area contributed by atoms with Crippen molar-refractivity contribution in [3.8, 4) is 5.75 Å². The number of furan rings is 1. The summed E-state index contributed by atoms with van der Waals surface area (Å²) in [5.41, 5.74) is 3.62. The van der Waals surface area contributed by atoms with Crippen LogP contribution in [0.3, 0.4) is 0 Å². The molecule has 6 heteroatoms. The monoisotopic (exact) mass is 353 g/mol. The lowest BCUT2D eigenvalue weighted by Crippen LogP contribution is -2.27. The molecule has 136 valence electrons. The van der Waals surface area contributed by atoms with Gasteiger partial charge in [0.15, 0.2) is 5.76 Å². The molecule has 0 aliphatic heterocycles. The Labute approximate surface area is 153 Å². The van der Waals surface area contributed by atoms with Crippen LogP contribution in [0.25, 0.3) is 0 Å². The van der Waals surface area contributed by atoms with E-state index in [2.05, 4.69) is 5.10 Å². The molecule has 3 aromatic rings. The summed E-state index contributed by atoms with van der Waals surface area (Å²) in [5.74, 6) is 1.15. The van der Waals surface area contributed by atoms with Crippen LogP contribution in [-0.4, -0.2) is 27.6 Å². The minimum atomic E-state index is -0.107. The van der Waals surface area contributed by atoms with Gasteiger partial charge in [-0.2, -0.15) is 5.10 Å².